The maximum absolute atomic E-state index is 5.92. The third kappa shape index (κ3) is 5.71. The molecule has 0 aromatic carbocycles. The summed E-state index contributed by atoms with van der Waals surface area (Å²) in [5.74, 6) is 0. The monoisotopic (exact) mass is 256 g/mol. The zero-order chi connectivity index (χ0) is 13.4. The predicted octanol–water partition coefficient (Wildman–Crippen LogP) is 4.91. The van der Waals surface area contributed by atoms with Gasteiger partial charge in [0.2, 0.25) is 0 Å². The van der Waals surface area contributed by atoms with Gasteiger partial charge in [-0.3, -0.25) is 0 Å². The summed E-state index contributed by atoms with van der Waals surface area (Å²) in [4.78, 5) is 0. The van der Waals surface area contributed by atoms with Crippen LogP contribution in [0.25, 0.3) is 0 Å². The van der Waals surface area contributed by atoms with Crippen LogP contribution in [0.4, 0.5) is 0 Å². The van der Waals surface area contributed by atoms with E-state index in [1.165, 1.54) is 44.9 Å². The average Bonchev–Trinajstić information content (AvgIpc) is 2.33. The fourth-order valence-corrected chi connectivity index (χ4v) is 2.30. The first kappa shape index (κ1) is 16.0. The number of hydrogen-bond donors (Lipinski definition) is 0. The van der Waals surface area contributed by atoms with Crippen LogP contribution < -0.4 is 0 Å². The summed E-state index contributed by atoms with van der Waals surface area (Å²) in [5, 5.41) is 0. The van der Waals surface area contributed by atoms with Crippen molar-refractivity contribution in [3.63, 3.8) is 0 Å². The van der Waals surface area contributed by atoms with Crippen LogP contribution in [-0.4, -0.2) is 19.0 Å². The van der Waals surface area contributed by atoms with Gasteiger partial charge >= 0.3 is 0 Å². The van der Waals surface area contributed by atoms with Gasteiger partial charge in [0.25, 0.3) is 0 Å². The highest BCUT2D eigenvalue weighted by Crippen LogP contribution is 2.31. The van der Waals surface area contributed by atoms with Crippen molar-refractivity contribution in [1.82, 2.24) is 0 Å². The molecule has 0 bridgehead atoms. The Hall–Kier alpha value is -0.0800. The second-order valence-electron chi connectivity index (χ2n) is 6.42. The van der Waals surface area contributed by atoms with Crippen molar-refractivity contribution in [2.45, 2.75) is 91.5 Å². The zero-order valence-corrected chi connectivity index (χ0v) is 12.8. The van der Waals surface area contributed by atoms with E-state index in [-0.39, 0.29) is 11.7 Å². The van der Waals surface area contributed by atoms with Gasteiger partial charge in [-0.05, 0) is 19.8 Å². The van der Waals surface area contributed by atoms with Crippen LogP contribution in [0.2, 0.25) is 0 Å². The third-order valence-electron chi connectivity index (χ3n) is 4.14. The van der Waals surface area contributed by atoms with Crippen molar-refractivity contribution in [2.75, 3.05) is 6.61 Å². The Balaban J connectivity index is 2.00. The van der Waals surface area contributed by atoms with Crippen LogP contribution in [-0.2, 0) is 9.47 Å². The molecule has 0 N–H and O–H groups in total. The maximum atomic E-state index is 5.92. The summed E-state index contributed by atoms with van der Waals surface area (Å²) in [6.07, 6.45) is 10.9. The fraction of sp³-hybridized carbons (Fsp3) is 1.00. The molecule has 1 fully saturated rings. The van der Waals surface area contributed by atoms with E-state index in [0.29, 0.717) is 6.10 Å². The van der Waals surface area contributed by atoms with Gasteiger partial charge in [-0.25, -0.2) is 0 Å². The van der Waals surface area contributed by atoms with Gasteiger partial charge in [0.15, 0.2) is 6.29 Å². The van der Waals surface area contributed by atoms with E-state index in [4.69, 9.17) is 9.47 Å². The van der Waals surface area contributed by atoms with Crippen LogP contribution in [0, 0.1) is 5.41 Å². The van der Waals surface area contributed by atoms with Gasteiger partial charge in [-0.2, -0.15) is 0 Å². The van der Waals surface area contributed by atoms with Gasteiger partial charge in [0.1, 0.15) is 0 Å². The summed E-state index contributed by atoms with van der Waals surface area (Å²) < 4.78 is 11.7. The molecule has 1 saturated heterocycles. The van der Waals surface area contributed by atoms with Gasteiger partial charge in [0, 0.05) is 5.41 Å². The predicted molar refractivity (Wildman–Crippen MR) is 76.7 cm³/mol. The Kier molecular flexibility index (Phi) is 7.25. The Bertz CT molecular complexity index is 213. The highest BCUT2D eigenvalue weighted by molar-refractivity contribution is 4.79. The molecule has 1 aliphatic rings. The van der Waals surface area contributed by atoms with E-state index in [0.717, 1.165) is 13.0 Å². The molecule has 0 spiro atoms. The van der Waals surface area contributed by atoms with Gasteiger partial charge in [-0.1, -0.05) is 59.3 Å². The Morgan fingerprint density at radius 1 is 1.00 bits per heavy atom. The van der Waals surface area contributed by atoms with Crippen LogP contribution in [0.3, 0.4) is 0 Å². The topological polar surface area (TPSA) is 18.5 Å². The van der Waals surface area contributed by atoms with Crippen molar-refractivity contribution in [1.29, 1.82) is 0 Å². The number of unbranched alkanes of at least 4 members (excludes halogenated alkanes) is 6. The average molecular weight is 256 g/mol. The molecule has 0 aromatic heterocycles. The summed E-state index contributed by atoms with van der Waals surface area (Å²) in [5.41, 5.74) is 0.163. The molecule has 0 aromatic rings. The van der Waals surface area contributed by atoms with Crippen molar-refractivity contribution >= 4 is 0 Å². The first-order valence-corrected chi connectivity index (χ1v) is 7.83. The van der Waals surface area contributed by atoms with Crippen LogP contribution in [0.15, 0.2) is 0 Å². The van der Waals surface area contributed by atoms with Gasteiger partial charge in [-0.15, -0.1) is 0 Å². The van der Waals surface area contributed by atoms with Crippen molar-refractivity contribution in [2.24, 2.45) is 5.41 Å². The lowest BCUT2D eigenvalue weighted by Crippen LogP contribution is -2.44. The first-order chi connectivity index (χ1) is 8.56. The molecule has 0 radical (unpaired) electrons. The number of ether oxygens (including phenoxy) is 2. The van der Waals surface area contributed by atoms with Crippen LogP contribution >= 0.6 is 0 Å². The number of rotatable bonds is 8. The lowest BCUT2D eigenvalue weighted by atomic mass is 9.87. The fourth-order valence-electron chi connectivity index (χ4n) is 2.30. The molecule has 0 amide bonds. The van der Waals surface area contributed by atoms with Crippen molar-refractivity contribution < 1.29 is 9.47 Å². The second kappa shape index (κ2) is 8.16. The van der Waals surface area contributed by atoms with Gasteiger partial charge < -0.3 is 9.47 Å². The lowest BCUT2D eigenvalue weighted by molar-refractivity contribution is -0.256. The Morgan fingerprint density at radius 2 is 1.61 bits per heavy atom. The molecule has 0 unspecified atom stereocenters. The first-order valence-electron chi connectivity index (χ1n) is 7.83. The molecule has 2 heteroatoms. The van der Waals surface area contributed by atoms with E-state index < -0.39 is 0 Å². The van der Waals surface area contributed by atoms with Crippen molar-refractivity contribution in [3.05, 3.63) is 0 Å². The molecule has 108 valence electrons. The van der Waals surface area contributed by atoms with E-state index in [1.54, 1.807) is 0 Å². The smallest absolute Gasteiger partial charge is 0.157 e. The molecule has 1 heterocycles. The maximum Gasteiger partial charge on any atom is 0.157 e. The van der Waals surface area contributed by atoms with Gasteiger partial charge in [0.05, 0.1) is 12.7 Å². The minimum absolute atomic E-state index is 0.0451. The van der Waals surface area contributed by atoms with Crippen LogP contribution in [0.5, 0.6) is 0 Å². The van der Waals surface area contributed by atoms with E-state index >= 15 is 0 Å². The van der Waals surface area contributed by atoms with Crippen LogP contribution in [0.1, 0.15) is 79.1 Å². The normalized spacial score (nSPS) is 27.3. The molecule has 2 atom stereocenters. The van der Waals surface area contributed by atoms with E-state index in [1.807, 2.05) is 0 Å². The number of hydrogen-bond acceptors (Lipinski definition) is 2. The zero-order valence-electron chi connectivity index (χ0n) is 12.8. The van der Waals surface area contributed by atoms with E-state index in [9.17, 15) is 0 Å². The third-order valence-corrected chi connectivity index (χ3v) is 4.14. The quantitative estimate of drug-likeness (QED) is 0.574. The standard InChI is InChI=1S/C16H32O2/c1-5-6-7-8-9-10-11-12-15-17-13-16(3,4)14(2)18-15/h14-15H,5-13H2,1-4H3/t14-,15+/m1/s1. The summed E-state index contributed by atoms with van der Waals surface area (Å²) >= 11 is 0. The molecule has 0 aliphatic carbocycles. The summed E-state index contributed by atoms with van der Waals surface area (Å²) in [6, 6.07) is 0. The molecule has 1 aliphatic heterocycles. The molecular formula is C16H32O2. The molecule has 18 heavy (non-hydrogen) atoms. The van der Waals surface area contributed by atoms with E-state index in [2.05, 4.69) is 27.7 Å². The molecule has 0 saturated carbocycles. The Labute approximate surface area is 113 Å². The van der Waals surface area contributed by atoms with Crippen molar-refractivity contribution in [3.8, 4) is 0 Å². The highest BCUT2D eigenvalue weighted by atomic mass is 16.7. The molecule has 2 nitrogen and oxygen atoms in total. The minimum Gasteiger partial charge on any atom is -0.352 e. The second-order valence-corrected chi connectivity index (χ2v) is 6.42. The minimum atomic E-state index is 0.0451. The SMILES string of the molecule is CCCCCCCCC[C@H]1OCC(C)(C)[C@@H](C)O1. The highest BCUT2D eigenvalue weighted by Gasteiger charge is 2.34. The largest absolute Gasteiger partial charge is 0.352 e. The molecule has 1 rings (SSSR count). The Morgan fingerprint density at radius 3 is 2.22 bits per heavy atom. The summed E-state index contributed by atoms with van der Waals surface area (Å²) in [7, 11) is 0. The molecular weight excluding hydrogens is 224 g/mol. The lowest BCUT2D eigenvalue weighted by Gasteiger charge is -2.40. The summed E-state index contributed by atoms with van der Waals surface area (Å²) in [6.45, 7) is 9.68.